The van der Waals surface area contributed by atoms with Crippen molar-refractivity contribution in [3.63, 3.8) is 0 Å². The minimum Gasteiger partial charge on any atom is -0.493 e. The third-order valence-electron chi connectivity index (χ3n) is 22.7. The number of pyridine rings is 1. The van der Waals surface area contributed by atoms with Crippen LogP contribution in [0.1, 0.15) is 162 Å². The molecular formula is C83H102N14O10. The van der Waals surface area contributed by atoms with Gasteiger partial charge in [-0.3, -0.25) is 29.0 Å². The van der Waals surface area contributed by atoms with Crippen LogP contribution in [0.4, 0.5) is 31.4 Å². The number of benzene rings is 5. The zero-order chi connectivity index (χ0) is 75.0. The third-order valence-corrected chi connectivity index (χ3v) is 22.7. The number of nitrogens with one attached hydrogen (secondary N) is 1. The summed E-state index contributed by atoms with van der Waals surface area (Å²) in [5, 5.41) is 7.56. The lowest BCUT2D eigenvalue weighted by atomic mass is 9.83. The van der Waals surface area contributed by atoms with Gasteiger partial charge in [-0.05, 0) is 170 Å². The number of amides is 3. The van der Waals surface area contributed by atoms with Crippen LogP contribution in [-0.4, -0.2) is 132 Å². The van der Waals surface area contributed by atoms with Crippen LogP contribution in [0.3, 0.4) is 0 Å². The second-order valence-corrected chi connectivity index (χ2v) is 29.3. The molecular weight excluding hydrogens is 1350 g/mol. The summed E-state index contributed by atoms with van der Waals surface area (Å²) < 4.78 is 36.8. The number of aryl methyl sites for hydroxylation is 6. The molecule has 0 saturated heterocycles. The number of ether oxygens (including phenoxy) is 5. The van der Waals surface area contributed by atoms with E-state index in [-0.39, 0.29) is 59.7 Å². The summed E-state index contributed by atoms with van der Waals surface area (Å²) >= 11 is 0. The molecule has 0 bridgehead atoms. The molecule has 0 spiro atoms. The number of nitrogens with zero attached hydrogens (tertiary/aromatic N) is 13. The van der Waals surface area contributed by atoms with Gasteiger partial charge in [-0.25, -0.2) is 34.3 Å². The Morgan fingerprint density at radius 3 is 1.67 bits per heavy atom. The highest BCUT2D eigenvalue weighted by molar-refractivity contribution is 5.98. The molecule has 564 valence electrons. The Balaban J connectivity index is 0.000000142. The van der Waals surface area contributed by atoms with Crippen molar-refractivity contribution in [2.45, 2.75) is 194 Å². The molecule has 0 unspecified atom stereocenters. The molecule has 24 heteroatoms. The maximum atomic E-state index is 12.7. The van der Waals surface area contributed by atoms with Crippen molar-refractivity contribution in [3.05, 3.63) is 177 Å². The van der Waals surface area contributed by atoms with Crippen LogP contribution >= 0.6 is 0 Å². The Morgan fingerprint density at radius 1 is 0.542 bits per heavy atom. The molecule has 5 aromatic heterocycles. The van der Waals surface area contributed by atoms with E-state index in [1.54, 1.807) is 69.7 Å². The van der Waals surface area contributed by atoms with E-state index >= 15 is 0 Å². The van der Waals surface area contributed by atoms with E-state index in [1.807, 2.05) is 56.4 Å². The SMILES string of the molecule is COC(=O)N1c2ccc3c(nc(CCn4ccccc4=O)n3CCNCc3ncnn3C)c2CC[C@@H]1C.COC(=O)N1c2ccc3c(nc(Cc4ccc(OC)c(OC)c4)n3[C@@H]3CCC[C@@H](C(C)=O)C3)c2CC[C@@H]1C.COC(=O)N1c2ccc3c(nc(Cc4ccccc4)n3CC3CCCCC3)c2CC[C@@H]1C. The molecule has 3 aliphatic heterocycles. The Hall–Kier alpha value is -10.4. The molecule has 5 aromatic carbocycles. The molecule has 2 fully saturated rings. The van der Waals surface area contributed by atoms with Gasteiger partial charge in [-0.1, -0.05) is 68.1 Å². The fraction of sp³-hybridized carbons (Fsp3) is 0.470. The van der Waals surface area contributed by atoms with Gasteiger partial charge in [0.25, 0.3) is 5.56 Å². The number of methoxy groups -OCH3 is 5. The Labute approximate surface area is 625 Å². The minimum absolute atomic E-state index is 0.0319. The lowest BCUT2D eigenvalue weighted by molar-refractivity contribution is -0.122. The second kappa shape index (κ2) is 33.6. The van der Waals surface area contributed by atoms with E-state index in [0.717, 1.165) is 168 Å². The number of hydrogen-bond acceptors (Lipinski definition) is 16. The zero-order valence-electron chi connectivity index (χ0n) is 63.6. The molecule has 8 heterocycles. The molecule has 3 amide bonds. The Bertz CT molecular complexity index is 4890. The van der Waals surface area contributed by atoms with Gasteiger partial charge in [0.15, 0.2) is 11.5 Å². The predicted molar refractivity (Wildman–Crippen MR) is 414 cm³/mol. The van der Waals surface area contributed by atoms with E-state index in [9.17, 15) is 24.0 Å². The topological polar surface area (TPSA) is 242 Å². The summed E-state index contributed by atoms with van der Waals surface area (Å²) in [5.74, 6) is 6.29. The van der Waals surface area contributed by atoms with Crippen LogP contribution in [-0.2, 0) is 90.8 Å². The van der Waals surface area contributed by atoms with Crippen LogP contribution in [0.25, 0.3) is 33.1 Å². The first-order valence-corrected chi connectivity index (χ1v) is 38.1. The first kappa shape index (κ1) is 74.9. The average molecular weight is 1460 g/mol. The second-order valence-electron chi connectivity index (χ2n) is 29.3. The van der Waals surface area contributed by atoms with E-state index in [2.05, 4.69) is 91.5 Å². The van der Waals surface area contributed by atoms with Gasteiger partial charge in [0.2, 0.25) is 0 Å². The molecule has 1 N–H and O–H groups in total. The van der Waals surface area contributed by atoms with Crippen molar-refractivity contribution in [2.24, 2.45) is 18.9 Å². The van der Waals surface area contributed by atoms with Gasteiger partial charge in [0, 0.05) is 112 Å². The lowest BCUT2D eigenvalue weighted by Gasteiger charge is -2.34. The van der Waals surface area contributed by atoms with Crippen LogP contribution in [0.2, 0.25) is 0 Å². The first-order chi connectivity index (χ1) is 52.0. The standard InChI is InChI=1S/C30H37N3O5.C27H33N3O2.C26H32N8O3/c1-18-9-11-23-24(32(18)30(35)38-5)12-13-25-29(23)31-28(16-20-10-14-26(36-3)27(15-20)37-4)33(25)22-8-6-7-21(17-22)19(2)34;1-19-13-14-22-23(30(19)27(31)32-2)15-16-24-26(22)28-25(17-20-9-5-3-6-10-20)29(24)18-21-11-7-4-8-12-21;1-18-7-8-19-20(34(18)26(36)37-3)9-10-21-25(19)30-22(11-14-32-13-5-4-6-24(32)35)33(21)15-12-27-16-23-28-17-29-31(23)2/h10,12-15,18,21-22H,6-9,11,16-17H2,1-5H3;3,5-6,9-10,15-16,19,21H,4,7-8,11-14,17-18H2,1-2H3;4-6,9-10,13,17-18,27H,7-8,11-12,14-16H2,1-3H3/t18-,21+,22+;19-;18-/m000/s1. The summed E-state index contributed by atoms with van der Waals surface area (Å²) in [6, 6.07) is 34.6. The highest BCUT2D eigenvalue weighted by atomic mass is 16.6. The quantitative estimate of drug-likeness (QED) is 0.0620. The molecule has 2 saturated carbocycles. The summed E-state index contributed by atoms with van der Waals surface area (Å²) in [6.45, 7) is 11.5. The van der Waals surface area contributed by atoms with Gasteiger partial charge in [0.05, 0.1) is 92.3 Å². The van der Waals surface area contributed by atoms with Crippen molar-refractivity contribution in [2.75, 3.05) is 56.8 Å². The highest BCUT2D eigenvalue weighted by Crippen LogP contribution is 2.44. The number of carbonyl (C=O) groups excluding carboxylic acids is 4. The molecule has 5 atom stereocenters. The number of Topliss-reactive ketones (excluding diaryl/α,β-unsaturated/α-hetero) is 1. The number of hydrogen-bond donors (Lipinski definition) is 1. The highest BCUT2D eigenvalue weighted by Gasteiger charge is 2.37. The predicted octanol–water partition coefficient (Wildman–Crippen LogP) is 14.3. The van der Waals surface area contributed by atoms with Crippen molar-refractivity contribution in [1.82, 2.24) is 53.3 Å². The summed E-state index contributed by atoms with van der Waals surface area (Å²) in [4.78, 5) is 87.4. The number of ketones is 1. The van der Waals surface area contributed by atoms with E-state index in [4.69, 9.17) is 38.6 Å². The van der Waals surface area contributed by atoms with Gasteiger partial charge in [-0.15, -0.1) is 0 Å². The summed E-state index contributed by atoms with van der Waals surface area (Å²) in [5.41, 5.74) is 14.5. The number of rotatable bonds is 18. The Morgan fingerprint density at radius 2 is 1.10 bits per heavy atom. The van der Waals surface area contributed by atoms with Crippen molar-refractivity contribution in [1.29, 1.82) is 0 Å². The first-order valence-electron chi connectivity index (χ1n) is 38.1. The Kier molecular flexibility index (Phi) is 23.5. The van der Waals surface area contributed by atoms with Crippen LogP contribution in [0, 0.1) is 11.8 Å². The number of aromatic nitrogens is 10. The third kappa shape index (κ3) is 15.9. The summed E-state index contributed by atoms with van der Waals surface area (Å²) in [6.07, 6.45) is 20.1. The van der Waals surface area contributed by atoms with E-state index in [0.29, 0.717) is 50.5 Å². The minimum atomic E-state index is -0.358. The number of anilines is 3. The van der Waals surface area contributed by atoms with Gasteiger partial charge in [-0.2, -0.15) is 5.10 Å². The molecule has 2 aliphatic carbocycles. The van der Waals surface area contributed by atoms with Crippen LogP contribution in [0.15, 0.2) is 120 Å². The van der Waals surface area contributed by atoms with Gasteiger partial charge < -0.3 is 47.3 Å². The van der Waals surface area contributed by atoms with Crippen molar-refractivity contribution in [3.8, 4) is 11.5 Å². The maximum absolute atomic E-state index is 12.7. The number of imidazole rings is 3. The fourth-order valence-corrected chi connectivity index (χ4v) is 16.9. The van der Waals surface area contributed by atoms with Crippen LogP contribution in [0.5, 0.6) is 11.5 Å². The molecule has 5 aliphatic rings. The van der Waals surface area contributed by atoms with Crippen molar-refractivity contribution < 1.29 is 42.9 Å². The molecule has 10 aromatic rings. The molecule has 24 nitrogen and oxygen atoms in total. The van der Waals surface area contributed by atoms with Gasteiger partial charge in [0.1, 0.15) is 35.4 Å². The molecule has 107 heavy (non-hydrogen) atoms. The number of fused-ring (bicyclic) bond motifs is 9. The van der Waals surface area contributed by atoms with E-state index < -0.39 is 0 Å². The smallest absolute Gasteiger partial charge is 0.414 e. The monoisotopic (exact) mass is 1450 g/mol. The fourth-order valence-electron chi connectivity index (χ4n) is 16.9. The average Bonchev–Trinajstić information content (AvgIpc) is 1.63. The maximum Gasteiger partial charge on any atom is 0.414 e. The van der Waals surface area contributed by atoms with Crippen LogP contribution < -0.4 is 35.0 Å². The molecule has 0 radical (unpaired) electrons. The largest absolute Gasteiger partial charge is 0.493 e. The lowest BCUT2D eigenvalue weighted by Crippen LogP contribution is -2.42. The zero-order valence-corrected chi connectivity index (χ0v) is 63.6. The normalized spacial score (nSPS) is 18.5. The molecule has 15 rings (SSSR count). The van der Waals surface area contributed by atoms with Gasteiger partial charge >= 0.3 is 18.3 Å². The van der Waals surface area contributed by atoms with E-state index in [1.165, 1.54) is 70.1 Å². The van der Waals surface area contributed by atoms with Crippen molar-refractivity contribution >= 4 is 74.2 Å². The number of carbonyl (C=O) groups is 4. The summed E-state index contributed by atoms with van der Waals surface area (Å²) in [7, 11) is 9.44.